The molecule has 0 aromatic heterocycles. The second-order valence-electron chi connectivity index (χ2n) is 7.57. The van der Waals surface area contributed by atoms with Gasteiger partial charge in [-0.1, -0.05) is 24.3 Å². The van der Waals surface area contributed by atoms with E-state index in [-0.39, 0.29) is 24.5 Å². The summed E-state index contributed by atoms with van der Waals surface area (Å²) in [4.78, 5) is 27.6. The van der Waals surface area contributed by atoms with Crippen LogP contribution in [0.4, 0.5) is 0 Å². The van der Waals surface area contributed by atoms with Gasteiger partial charge in [0.2, 0.25) is 5.91 Å². The quantitative estimate of drug-likeness (QED) is 0.726. The number of rotatable bonds is 8. The molecule has 2 N–H and O–H groups in total. The maximum absolute atomic E-state index is 12.5. The molecule has 1 aliphatic rings. The van der Waals surface area contributed by atoms with Crippen molar-refractivity contribution in [3.63, 3.8) is 0 Å². The molecule has 0 radical (unpaired) electrons. The Morgan fingerprint density at radius 2 is 2.04 bits per heavy atom. The molecule has 1 heterocycles. The number of hydrogen-bond acceptors (Lipinski definition) is 4. The van der Waals surface area contributed by atoms with Gasteiger partial charge in [-0.3, -0.25) is 19.4 Å². The van der Waals surface area contributed by atoms with Crippen molar-refractivity contribution in [3.8, 4) is 0 Å². The Labute approximate surface area is 162 Å². The number of likely N-dealkylation sites (tertiary alicyclic amines) is 1. The van der Waals surface area contributed by atoms with Crippen molar-refractivity contribution in [1.29, 1.82) is 0 Å². The summed E-state index contributed by atoms with van der Waals surface area (Å²) in [7, 11) is 1.87. The van der Waals surface area contributed by atoms with Crippen LogP contribution in [0.3, 0.4) is 0 Å². The molecule has 2 atom stereocenters. The van der Waals surface area contributed by atoms with Crippen molar-refractivity contribution in [1.82, 2.24) is 15.1 Å². The molecule has 2 unspecified atom stereocenters. The van der Waals surface area contributed by atoms with Crippen LogP contribution in [-0.4, -0.2) is 72.1 Å². The summed E-state index contributed by atoms with van der Waals surface area (Å²) in [5, 5.41) is 12.0. The van der Waals surface area contributed by atoms with E-state index in [1.54, 1.807) is 0 Å². The standard InChI is InChI=1S/C21H33N3O3/c1-16-7-4-5-8-18(16)10-12-22-21(27)17(2)24-13-6-9-19(11-14-24)23(3)15-20(25)26/h4-5,7-8,17,19H,6,9-15H2,1-3H3,(H,22,27)(H,25,26). The third-order valence-electron chi connectivity index (χ3n) is 5.62. The summed E-state index contributed by atoms with van der Waals surface area (Å²) in [5.74, 6) is -0.721. The molecule has 0 saturated carbocycles. The van der Waals surface area contributed by atoms with Crippen molar-refractivity contribution in [2.45, 2.75) is 51.6 Å². The van der Waals surface area contributed by atoms with Crippen LogP contribution in [0.5, 0.6) is 0 Å². The zero-order valence-electron chi connectivity index (χ0n) is 16.8. The van der Waals surface area contributed by atoms with Crippen molar-refractivity contribution < 1.29 is 14.7 Å². The van der Waals surface area contributed by atoms with Gasteiger partial charge in [-0.05, 0) is 64.3 Å². The number of nitrogens with zero attached hydrogens (tertiary/aromatic N) is 2. The van der Waals surface area contributed by atoms with Gasteiger partial charge in [0.25, 0.3) is 0 Å². The number of nitrogens with one attached hydrogen (secondary N) is 1. The lowest BCUT2D eigenvalue weighted by Gasteiger charge is -2.28. The Morgan fingerprint density at radius 3 is 2.74 bits per heavy atom. The maximum atomic E-state index is 12.5. The number of hydrogen-bond donors (Lipinski definition) is 2. The van der Waals surface area contributed by atoms with E-state index in [0.717, 1.165) is 38.8 Å². The van der Waals surface area contributed by atoms with E-state index < -0.39 is 5.97 Å². The first-order valence-electron chi connectivity index (χ1n) is 9.86. The van der Waals surface area contributed by atoms with E-state index in [1.807, 2.05) is 31.0 Å². The highest BCUT2D eigenvalue weighted by atomic mass is 16.4. The minimum Gasteiger partial charge on any atom is -0.480 e. The zero-order chi connectivity index (χ0) is 19.8. The van der Waals surface area contributed by atoms with Crippen LogP contribution >= 0.6 is 0 Å². The number of carbonyl (C=O) groups is 2. The van der Waals surface area contributed by atoms with Crippen LogP contribution in [0, 0.1) is 6.92 Å². The molecular formula is C21H33N3O3. The minimum absolute atomic E-state index is 0.0691. The first-order valence-corrected chi connectivity index (χ1v) is 9.86. The average molecular weight is 376 g/mol. The van der Waals surface area contributed by atoms with Crippen LogP contribution in [0.2, 0.25) is 0 Å². The van der Waals surface area contributed by atoms with Crippen molar-refractivity contribution in [3.05, 3.63) is 35.4 Å². The smallest absolute Gasteiger partial charge is 0.317 e. The van der Waals surface area contributed by atoms with Gasteiger partial charge in [-0.2, -0.15) is 0 Å². The van der Waals surface area contributed by atoms with Crippen molar-refractivity contribution in [2.75, 3.05) is 33.2 Å². The Balaban J connectivity index is 1.78. The van der Waals surface area contributed by atoms with Gasteiger partial charge in [0.15, 0.2) is 0 Å². The van der Waals surface area contributed by atoms with Crippen molar-refractivity contribution >= 4 is 11.9 Å². The van der Waals surface area contributed by atoms with Crippen LogP contribution in [0.1, 0.15) is 37.3 Å². The van der Waals surface area contributed by atoms with Gasteiger partial charge in [0.05, 0.1) is 12.6 Å². The molecule has 0 aliphatic carbocycles. The Morgan fingerprint density at radius 1 is 1.30 bits per heavy atom. The third-order valence-corrected chi connectivity index (χ3v) is 5.62. The number of aryl methyl sites for hydroxylation is 1. The van der Waals surface area contributed by atoms with Crippen LogP contribution in [-0.2, 0) is 16.0 Å². The average Bonchev–Trinajstić information content (AvgIpc) is 2.88. The number of likely N-dealkylation sites (N-methyl/N-ethyl adjacent to an activating group) is 1. The summed E-state index contributed by atoms with van der Waals surface area (Å²) in [6.07, 6.45) is 3.69. The molecule has 2 rings (SSSR count). The molecule has 1 fully saturated rings. The van der Waals surface area contributed by atoms with Gasteiger partial charge in [-0.15, -0.1) is 0 Å². The number of amides is 1. The zero-order valence-corrected chi connectivity index (χ0v) is 16.8. The maximum Gasteiger partial charge on any atom is 0.317 e. The minimum atomic E-state index is -0.792. The van der Waals surface area contributed by atoms with Crippen LogP contribution < -0.4 is 5.32 Å². The number of carboxylic acid groups (broad SMARTS) is 1. The molecule has 1 aliphatic heterocycles. The third kappa shape index (κ3) is 6.63. The fourth-order valence-corrected chi connectivity index (χ4v) is 3.80. The number of carboxylic acids is 1. The molecule has 6 nitrogen and oxygen atoms in total. The summed E-state index contributed by atoms with van der Waals surface area (Å²) < 4.78 is 0. The lowest BCUT2D eigenvalue weighted by molar-refractivity contribution is -0.138. The normalized spacial score (nSPS) is 19.5. The topological polar surface area (TPSA) is 72.9 Å². The number of aliphatic carboxylic acids is 1. The monoisotopic (exact) mass is 375 g/mol. The second-order valence-corrected chi connectivity index (χ2v) is 7.57. The first-order chi connectivity index (χ1) is 12.9. The summed E-state index contributed by atoms with van der Waals surface area (Å²) in [5.41, 5.74) is 2.52. The summed E-state index contributed by atoms with van der Waals surface area (Å²) >= 11 is 0. The molecule has 6 heteroatoms. The predicted octanol–water partition coefficient (Wildman–Crippen LogP) is 1.91. The predicted molar refractivity (Wildman–Crippen MR) is 107 cm³/mol. The molecule has 1 aromatic rings. The lowest BCUT2D eigenvalue weighted by atomic mass is 10.1. The van der Waals surface area contributed by atoms with E-state index >= 15 is 0 Å². The van der Waals surface area contributed by atoms with Gasteiger partial charge >= 0.3 is 5.97 Å². The number of carbonyl (C=O) groups excluding carboxylic acids is 1. The summed E-state index contributed by atoms with van der Waals surface area (Å²) in [6.45, 7) is 6.47. The highest BCUT2D eigenvalue weighted by Gasteiger charge is 2.26. The fourth-order valence-electron chi connectivity index (χ4n) is 3.80. The highest BCUT2D eigenvalue weighted by Crippen LogP contribution is 2.17. The number of benzene rings is 1. The second kappa shape index (κ2) is 10.4. The van der Waals surface area contributed by atoms with Gasteiger partial charge in [0, 0.05) is 19.1 Å². The molecule has 150 valence electrons. The molecule has 1 amide bonds. The molecule has 1 saturated heterocycles. The molecule has 0 bridgehead atoms. The largest absolute Gasteiger partial charge is 0.480 e. The fraction of sp³-hybridized carbons (Fsp3) is 0.619. The Hall–Kier alpha value is -1.92. The Bertz CT molecular complexity index is 635. The van der Waals surface area contributed by atoms with E-state index in [2.05, 4.69) is 29.3 Å². The van der Waals surface area contributed by atoms with Crippen molar-refractivity contribution in [2.24, 2.45) is 0 Å². The highest BCUT2D eigenvalue weighted by molar-refractivity contribution is 5.81. The van der Waals surface area contributed by atoms with Gasteiger partial charge in [-0.25, -0.2) is 0 Å². The van der Waals surface area contributed by atoms with E-state index in [9.17, 15) is 9.59 Å². The van der Waals surface area contributed by atoms with Crippen LogP contribution in [0.25, 0.3) is 0 Å². The Kier molecular flexibility index (Phi) is 8.25. The molecule has 27 heavy (non-hydrogen) atoms. The van der Waals surface area contributed by atoms with E-state index in [4.69, 9.17) is 5.11 Å². The molecular weight excluding hydrogens is 342 g/mol. The van der Waals surface area contributed by atoms with Gasteiger partial charge < -0.3 is 10.4 Å². The molecule has 1 aromatic carbocycles. The molecule has 0 spiro atoms. The van der Waals surface area contributed by atoms with E-state index in [0.29, 0.717) is 6.54 Å². The lowest BCUT2D eigenvalue weighted by Crippen LogP contribution is -2.46. The SMILES string of the molecule is Cc1ccccc1CCNC(=O)C(C)N1CCCC(N(C)CC(=O)O)CC1. The first kappa shape index (κ1) is 21.4. The van der Waals surface area contributed by atoms with E-state index in [1.165, 1.54) is 11.1 Å². The van der Waals surface area contributed by atoms with Crippen LogP contribution in [0.15, 0.2) is 24.3 Å². The summed E-state index contributed by atoms with van der Waals surface area (Å²) in [6, 6.07) is 8.36. The van der Waals surface area contributed by atoms with Gasteiger partial charge in [0.1, 0.15) is 0 Å².